The SMILES string of the molecule is CCCC(Cc1ccc(C(=O)NCCC(=O)O)cc1F)C(=O)c1cc2cc(Cl)ccc2n1Cc1ccc(C(C)(C)C)cc1. The molecule has 0 aliphatic carbocycles. The number of aliphatic carboxylic acids is 1. The molecule has 0 saturated carbocycles. The molecule has 43 heavy (non-hydrogen) atoms. The van der Waals surface area contributed by atoms with Crippen LogP contribution in [0.4, 0.5) is 4.39 Å². The van der Waals surface area contributed by atoms with Crippen LogP contribution in [0.25, 0.3) is 10.9 Å². The highest BCUT2D eigenvalue weighted by atomic mass is 35.5. The predicted molar refractivity (Wildman–Crippen MR) is 169 cm³/mol. The number of benzene rings is 3. The number of hydrogen-bond donors (Lipinski definition) is 2. The van der Waals surface area contributed by atoms with Crippen molar-refractivity contribution in [1.82, 2.24) is 9.88 Å². The van der Waals surface area contributed by atoms with Crippen molar-refractivity contribution in [2.45, 2.75) is 65.3 Å². The summed E-state index contributed by atoms with van der Waals surface area (Å²) < 4.78 is 17.2. The number of nitrogens with zero attached hydrogens (tertiary/aromatic N) is 1. The molecule has 4 rings (SSSR count). The maximum atomic E-state index is 15.2. The Kier molecular flexibility index (Phi) is 10.1. The maximum Gasteiger partial charge on any atom is 0.305 e. The number of halogens is 2. The van der Waals surface area contributed by atoms with Gasteiger partial charge in [-0.05, 0) is 71.3 Å². The zero-order valence-corrected chi connectivity index (χ0v) is 25.8. The molecule has 2 N–H and O–H groups in total. The number of ketones is 1. The zero-order valence-electron chi connectivity index (χ0n) is 25.0. The predicted octanol–water partition coefficient (Wildman–Crippen LogP) is 7.83. The molecule has 4 aromatic rings. The summed E-state index contributed by atoms with van der Waals surface area (Å²) in [5.74, 6) is -2.71. The Hall–Kier alpha value is -3.97. The monoisotopic (exact) mass is 604 g/mol. The molecular formula is C35H38ClFN2O4. The number of amides is 1. The lowest BCUT2D eigenvalue weighted by Crippen LogP contribution is -2.26. The van der Waals surface area contributed by atoms with Gasteiger partial charge in [-0.1, -0.05) is 76.0 Å². The molecule has 0 aliphatic rings. The average molecular weight is 605 g/mol. The molecule has 0 fully saturated rings. The van der Waals surface area contributed by atoms with Gasteiger partial charge in [-0.15, -0.1) is 0 Å². The first-order valence-electron chi connectivity index (χ1n) is 14.6. The number of fused-ring (bicyclic) bond motifs is 1. The van der Waals surface area contributed by atoms with Crippen molar-refractivity contribution in [1.29, 1.82) is 0 Å². The fourth-order valence-corrected chi connectivity index (χ4v) is 5.48. The van der Waals surface area contributed by atoms with Crippen LogP contribution in [0.1, 0.15) is 84.5 Å². The third kappa shape index (κ3) is 7.90. The topological polar surface area (TPSA) is 88.4 Å². The van der Waals surface area contributed by atoms with Gasteiger partial charge in [-0.2, -0.15) is 0 Å². The summed E-state index contributed by atoms with van der Waals surface area (Å²) in [7, 11) is 0. The Morgan fingerprint density at radius 1 is 1.00 bits per heavy atom. The number of carboxylic acids is 1. The van der Waals surface area contributed by atoms with E-state index in [1.165, 1.54) is 17.7 Å². The summed E-state index contributed by atoms with van der Waals surface area (Å²) in [6, 6.07) is 20.1. The Morgan fingerprint density at radius 2 is 1.72 bits per heavy atom. The first-order chi connectivity index (χ1) is 20.4. The first kappa shape index (κ1) is 32.0. The second kappa shape index (κ2) is 13.6. The van der Waals surface area contributed by atoms with Crippen LogP contribution in [-0.4, -0.2) is 33.9 Å². The van der Waals surface area contributed by atoms with Crippen LogP contribution in [-0.2, 0) is 23.2 Å². The molecule has 0 bridgehead atoms. The maximum absolute atomic E-state index is 15.2. The molecule has 0 aliphatic heterocycles. The van der Waals surface area contributed by atoms with Crippen LogP contribution in [0, 0.1) is 11.7 Å². The number of carboxylic acid groups (broad SMARTS) is 1. The summed E-state index contributed by atoms with van der Waals surface area (Å²) in [5, 5.41) is 12.7. The Morgan fingerprint density at radius 3 is 2.35 bits per heavy atom. The first-order valence-corrected chi connectivity index (χ1v) is 15.0. The number of hydrogen-bond acceptors (Lipinski definition) is 3. The molecule has 8 heteroatoms. The number of carbonyl (C=O) groups is 3. The minimum atomic E-state index is -1.03. The van der Waals surface area contributed by atoms with Gasteiger partial charge in [0.1, 0.15) is 5.82 Å². The van der Waals surface area contributed by atoms with E-state index < -0.39 is 23.6 Å². The van der Waals surface area contributed by atoms with E-state index in [1.807, 2.05) is 35.8 Å². The summed E-state index contributed by atoms with van der Waals surface area (Å²) in [6.07, 6.45) is 1.26. The normalized spacial score (nSPS) is 12.3. The summed E-state index contributed by atoms with van der Waals surface area (Å²) in [4.78, 5) is 37.2. The number of rotatable bonds is 12. The minimum absolute atomic E-state index is 0.0293. The van der Waals surface area contributed by atoms with Gasteiger partial charge in [0.2, 0.25) is 0 Å². The Bertz CT molecular complexity index is 1640. The standard InChI is InChI=1S/C35H38ClFN2O4/c1-5-6-24(17-23-9-10-25(19-29(23)37)34(43)38-16-15-32(40)41)33(42)31-20-26-18-28(36)13-14-30(26)39(31)21-22-7-11-27(12-8-22)35(2,3)4/h7-14,18-20,24H,5-6,15-17,21H2,1-4H3,(H,38,43)(H,40,41). The van der Waals surface area contributed by atoms with E-state index in [1.54, 1.807) is 0 Å². The van der Waals surface area contributed by atoms with Gasteiger partial charge in [0.05, 0.1) is 12.1 Å². The van der Waals surface area contributed by atoms with Gasteiger partial charge in [-0.25, -0.2) is 4.39 Å². The van der Waals surface area contributed by atoms with E-state index in [9.17, 15) is 14.4 Å². The summed E-state index contributed by atoms with van der Waals surface area (Å²) >= 11 is 6.30. The van der Waals surface area contributed by atoms with Gasteiger partial charge in [0.15, 0.2) is 5.78 Å². The molecule has 6 nitrogen and oxygen atoms in total. The van der Waals surface area contributed by atoms with Crippen molar-refractivity contribution in [3.63, 3.8) is 0 Å². The van der Waals surface area contributed by atoms with E-state index in [2.05, 4.69) is 50.4 Å². The highest BCUT2D eigenvalue weighted by Crippen LogP contribution is 2.30. The number of Topliss-reactive ketones (excluding diaryl/α,β-unsaturated/α-hetero) is 1. The number of aromatic nitrogens is 1. The molecular weight excluding hydrogens is 567 g/mol. The lowest BCUT2D eigenvalue weighted by Gasteiger charge is -2.20. The lowest BCUT2D eigenvalue weighted by molar-refractivity contribution is -0.136. The Labute approximate surface area is 256 Å². The molecule has 0 radical (unpaired) electrons. The minimum Gasteiger partial charge on any atom is -0.481 e. The third-order valence-corrected chi connectivity index (χ3v) is 7.93. The highest BCUT2D eigenvalue weighted by Gasteiger charge is 2.26. The number of carbonyl (C=O) groups excluding carboxylic acids is 2. The van der Waals surface area contributed by atoms with Crippen LogP contribution >= 0.6 is 11.6 Å². The van der Waals surface area contributed by atoms with E-state index in [-0.39, 0.29) is 36.1 Å². The van der Waals surface area contributed by atoms with Gasteiger partial charge >= 0.3 is 5.97 Å². The lowest BCUT2D eigenvalue weighted by atomic mass is 9.86. The summed E-state index contributed by atoms with van der Waals surface area (Å²) in [5.41, 5.74) is 4.20. The Balaban J connectivity index is 1.62. The molecule has 1 amide bonds. The third-order valence-electron chi connectivity index (χ3n) is 7.69. The molecule has 1 unspecified atom stereocenters. The van der Waals surface area contributed by atoms with Gasteiger partial charge in [0, 0.05) is 40.5 Å². The van der Waals surface area contributed by atoms with Crippen molar-refractivity contribution < 1.29 is 23.9 Å². The van der Waals surface area contributed by atoms with E-state index in [0.29, 0.717) is 29.2 Å². The van der Waals surface area contributed by atoms with Crippen LogP contribution in [0.15, 0.2) is 66.7 Å². The van der Waals surface area contributed by atoms with Crippen molar-refractivity contribution in [2.75, 3.05) is 6.54 Å². The van der Waals surface area contributed by atoms with Crippen LogP contribution in [0.5, 0.6) is 0 Å². The largest absolute Gasteiger partial charge is 0.481 e. The fraction of sp³-hybridized carbons (Fsp3) is 0.343. The van der Waals surface area contributed by atoms with Crippen LogP contribution in [0.2, 0.25) is 5.02 Å². The fourth-order valence-electron chi connectivity index (χ4n) is 5.30. The van der Waals surface area contributed by atoms with Gasteiger partial charge < -0.3 is 15.0 Å². The van der Waals surface area contributed by atoms with Crippen molar-refractivity contribution in [2.24, 2.45) is 5.92 Å². The molecule has 0 spiro atoms. The molecule has 0 saturated heterocycles. The van der Waals surface area contributed by atoms with E-state index in [4.69, 9.17) is 16.7 Å². The smallest absolute Gasteiger partial charge is 0.305 e. The van der Waals surface area contributed by atoms with Crippen molar-refractivity contribution >= 4 is 40.2 Å². The van der Waals surface area contributed by atoms with Crippen LogP contribution < -0.4 is 5.32 Å². The zero-order chi connectivity index (χ0) is 31.3. The quantitative estimate of drug-likeness (QED) is 0.161. The molecule has 1 aromatic heterocycles. The van der Waals surface area contributed by atoms with Gasteiger partial charge in [0.25, 0.3) is 5.91 Å². The number of nitrogens with one attached hydrogen (secondary N) is 1. The summed E-state index contributed by atoms with van der Waals surface area (Å²) in [6.45, 7) is 8.95. The molecule has 1 heterocycles. The second-order valence-corrected chi connectivity index (χ2v) is 12.5. The second-order valence-electron chi connectivity index (χ2n) is 12.0. The molecule has 3 aromatic carbocycles. The van der Waals surface area contributed by atoms with Crippen LogP contribution in [0.3, 0.4) is 0 Å². The molecule has 226 valence electrons. The molecule has 1 atom stereocenters. The average Bonchev–Trinajstić information content (AvgIpc) is 3.29. The van der Waals surface area contributed by atoms with E-state index >= 15 is 4.39 Å². The van der Waals surface area contributed by atoms with Gasteiger partial charge in [-0.3, -0.25) is 14.4 Å². The van der Waals surface area contributed by atoms with E-state index in [0.717, 1.165) is 29.0 Å². The van der Waals surface area contributed by atoms with Crippen molar-refractivity contribution in [3.8, 4) is 0 Å². The highest BCUT2D eigenvalue weighted by molar-refractivity contribution is 6.31. The van der Waals surface area contributed by atoms with Crippen molar-refractivity contribution in [3.05, 3.63) is 106 Å².